The molecule has 1 atom stereocenters. The van der Waals surface area contributed by atoms with Crippen molar-refractivity contribution >= 4 is 29.5 Å². The molecule has 0 spiro atoms. The summed E-state index contributed by atoms with van der Waals surface area (Å²) < 4.78 is 0. The fourth-order valence-corrected chi connectivity index (χ4v) is 2.11. The van der Waals surface area contributed by atoms with Gasteiger partial charge in [-0.3, -0.25) is 4.79 Å². The Morgan fingerprint density at radius 2 is 1.85 bits per heavy atom. The van der Waals surface area contributed by atoms with Crippen LogP contribution in [-0.2, 0) is 9.59 Å². The maximum Gasteiger partial charge on any atom is 0.329 e. The molecule has 20 heavy (non-hydrogen) atoms. The molecule has 0 aliphatic carbocycles. The molecule has 1 unspecified atom stereocenters. The van der Waals surface area contributed by atoms with E-state index >= 15 is 0 Å². The minimum Gasteiger partial charge on any atom is -0.480 e. The summed E-state index contributed by atoms with van der Waals surface area (Å²) in [5.74, 6) is -1.84. The summed E-state index contributed by atoms with van der Waals surface area (Å²) >= 11 is 5.77. The van der Waals surface area contributed by atoms with Crippen LogP contribution >= 0.6 is 11.6 Å². The van der Waals surface area contributed by atoms with E-state index in [-0.39, 0.29) is 0 Å². The van der Waals surface area contributed by atoms with Crippen LogP contribution in [0.25, 0.3) is 0 Å². The van der Waals surface area contributed by atoms with Crippen LogP contribution in [0.5, 0.6) is 0 Å². The Kier molecular flexibility index (Phi) is 3.43. The number of rotatable bonds is 3. The van der Waals surface area contributed by atoms with Gasteiger partial charge in [0.15, 0.2) is 0 Å². The number of aliphatic carboxylic acids is 1. The van der Waals surface area contributed by atoms with Crippen molar-refractivity contribution in [1.29, 1.82) is 0 Å². The molecule has 0 radical (unpaired) electrons. The second kappa shape index (κ2) is 4.79. The fraction of sp³-hybridized carbons (Fsp3) is 0.308. The maximum absolute atomic E-state index is 12.3. The van der Waals surface area contributed by atoms with E-state index in [4.69, 9.17) is 16.7 Å². The zero-order chi connectivity index (χ0) is 15.1. The number of benzene rings is 1. The Labute approximate surface area is 120 Å². The monoisotopic (exact) mass is 296 g/mol. The third kappa shape index (κ3) is 2.22. The molecule has 3 amide bonds. The minimum absolute atomic E-state index is 0.508. The van der Waals surface area contributed by atoms with Crippen LogP contribution in [-0.4, -0.2) is 33.5 Å². The van der Waals surface area contributed by atoms with Crippen molar-refractivity contribution in [2.24, 2.45) is 0 Å². The molecule has 1 heterocycles. The van der Waals surface area contributed by atoms with Crippen LogP contribution in [0.3, 0.4) is 0 Å². The van der Waals surface area contributed by atoms with Gasteiger partial charge in [-0.05, 0) is 31.5 Å². The quantitative estimate of drug-likeness (QED) is 0.833. The summed E-state index contributed by atoms with van der Waals surface area (Å²) in [6, 6.07) is 4.81. The van der Waals surface area contributed by atoms with E-state index < -0.39 is 29.5 Å². The van der Waals surface area contributed by atoms with Crippen molar-refractivity contribution in [2.75, 3.05) is 0 Å². The zero-order valence-corrected chi connectivity index (χ0v) is 11.6. The van der Waals surface area contributed by atoms with Crippen molar-refractivity contribution in [3.63, 3.8) is 0 Å². The van der Waals surface area contributed by atoms with Crippen molar-refractivity contribution in [3.05, 3.63) is 34.9 Å². The highest BCUT2D eigenvalue weighted by molar-refractivity contribution is 6.30. The Balaban J connectivity index is 2.34. The third-order valence-corrected chi connectivity index (χ3v) is 3.48. The van der Waals surface area contributed by atoms with Gasteiger partial charge in [0, 0.05) is 5.02 Å². The Bertz CT molecular complexity index is 583. The number of nitrogens with one attached hydrogen (secondary N) is 1. The zero-order valence-electron chi connectivity index (χ0n) is 10.9. The topological polar surface area (TPSA) is 86.7 Å². The maximum atomic E-state index is 12.3. The molecule has 1 aromatic rings. The van der Waals surface area contributed by atoms with Gasteiger partial charge < -0.3 is 10.4 Å². The van der Waals surface area contributed by atoms with Gasteiger partial charge in [0.05, 0.1) is 0 Å². The van der Waals surface area contributed by atoms with Crippen LogP contribution in [0.15, 0.2) is 24.3 Å². The first-order valence-electron chi connectivity index (χ1n) is 5.88. The van der Waals surface area contributed by atoms with Crippen molar-refractivity contribution in [1.82, 2.24) is 10.2 Å². The second-order valence-electron chi connectivity index (χ2n) is 4.97. The molecule has 0 saturated carbocycles. The van der Waals surface area contributed by atoms with E-state index in [0.717, 1.165) is 4.90 Å². The molecule has 1 fully saturated rings. The number of carboxylic acid groups (broad SMARTS) is 1. The van der Waals surface area contributed by atoms with Crippen LogP contribution in [0.4, 0.5) is 4.79 Å². The standard InChI is InChI=1S/C13H13ClN2O4/c1-13(2,11(18)19)16-10(17)9(15-12(16)20)7-3-5-8(14)6-4-7/h3-6,9H,1-2H3,(H,15,20)(H,18,19). The number of hydrogen-bond donors (Lipinski definition) is 2. The lowest BCUT2D eigenvalue weighted by Gasteiger charge is -2.28. The molecular weight excluding hydrogens is 284 g/mol. The lowest BCUT2D eigenvalue weighted by atomic mass is 10.0. The van der Waals surface area contributed by atoms with Gasteiger partial charge in [-0.25, -0.2) is 14.5 Å². The normalized spacial score (nSPS) is 19.1. The number of carboxylic acids is 1. The number of halogens is 1. The highest BCUT2D eigenvalue weighted by Crippen LogP contribution is 2.28. The predicted octanol–water partition coefficient (Wildman–Crippen LogP) is 1.80. The van der Waals surface area contributed by atoms with Crippen molar-refractivity contribution in [3.8, 4) is 0 Å². The number of amides is 3. The summed E-state index contributed by atoms with van der Waals surface area (Å²) in [5, 5.41) is 12.1. The number of carbonyl (C=O) groups is 3. The first kappa shape index (κ1) is 14.3. The Morgan fingerprint density at radius 1 is 1.30 bits per heavy atom. The van der Waals surface area contributed by atoms with Gasteiger partial charge in [0.25, 0.3) is 5.91 Å². The number of urea groups is 1. The van der Waals surface area contributed by atoms with Gasteiger partial charge in [-0.15, -0.1) is 0 Å². The molecule has 2 rings (SSSR count). The van der Waals surface area contributed by atoms with E-state index in [2.05, 4.69) is 5.32 Å². The molecule has 1 aromatic carbocycles. The van der Waals surface area contributed by atoms with E-state index in [1.54, 1.807) is 24.3 Å². The lowest BCUT2D eigenvalue weighted by molar-refractivity contribution is -0.152. The summed E-state index contributed by atoms with van der Waals surface area (Å²) in [4.78, 5) is 36.1. The summed E-state index contributed by atoms with van der Waals surface area (Å²) in [6.45, 7) is 2.61. The highest BCUT2D eigenvalue weighted by Gasteiger charge is 2.49. The van der Waals surface area contributed by atoms with Crippen LogP contribution in [0.1, 0.15) is 25.5 Å². The van der Waals surface area contributed by atoms with E-state index in [9.17, 15) is 14.4 Å². The van der Waals surface area contributed by atoms with Crippen molar-refractivity contribution in [2.45, 2.75) is 25.4 Å². The molecule has 1 aliphatic rings. The molecule has 7 heteroatoms. The first-order chi connectivity index (χ1) is 9.25. The van der Waals surface area contributed by atoms with Gasteiger partial charge in [0.2, 0.25) is 0 Å². The number of hydrogen-bond acceptors (Lipinski definition) is 3. The van der Waals surface area contributed by atoms with Crippen LogP contribution in [0.2, 0.25) is 5.02 Å². The Hall–Kier alpha value is -2.08. The van der Waals surface area contributed by atoms with Gasteiger partial charge in [-0.1, -0.05) is 23.7 Å². The molecule has 1 saturated heterocycles. The van der Waals surface area contributed by atoms with Crippen molar-refractivity contribution < 1.29 is 19.5 Å². The van der Waals surface area contributed by atoms with Gasteiger partial charge in [0.1, 0.15) is 11.6 Å². The summed E-state index contributed by atoms with van der Waals surface area (Å²) in [6.07, 6.45) is 0. The van der Waals surface area contributed by atoms with E-state index in [1.807, 2.05) is 0 Å². The molecule has 1 aliphatic heterocycles. The Morgan fingerprint density at radius 3 is 2.35 bits per heavy atom. The van der Waals surface area contributed by atoms with Gasteiger partial charge in [-0.2, -0.15) is 0 Å². The first-order valence-corrected chi connectivity index (χ1v) is 6.26. The average molecular weight is 297 g/mol. The van der Waals surface area contributed by atoms with Gasteiger partial charge >= 0.3 is 12.0 Å². The molecule has 6 nitrogen and oxygen atoms in total. The molecular formula is C13H13ClN2O4. The number of imide groups is 1. The highest BCUT2D eigenvalue weighted by atomic mass is 35.5. The predicted molar refractivity (Wildman–Crippen MR) is 71.3 cm³/mol. The number of carbonyl (C=O) groups excluding carboxylic acids is 2. The molecule has 0 aromatic heterocycles. The van der Waals surface area contributed by atoms with E-state index in [0.29, 0.717) is 10.6 Å². The van der Waals surface area contributed by atoms with Crippen LogP contribution < -0.4 is 5.32 Å². The van der Waals surface area contributed by atoms with E-state index in [1.165, 1.54) is 13.8 Å². The van der Waals surface area contributed by atoms with Crippen LogP contribution in [0, 0.1) is 0 Å². The lowest BCUT2D eigenvalue weighted by Crippen LogP contribution is -2.53. The molecule has 2 N–H and O–H groups in total. The average Bonchev–Trinajstić information content (AvgIpc) is 2.66. The largest absolute Gasteiger partial charge is 0.480 e. The minimum atomic E-state index is -1.61. The summed E-state index contributed by atoms with van der Waals surface area (Å²) in [7, 11) is 0. The summed E-state index contributed by atoms with van der Waals surface area (Å²) in [5.41, 5.74) is -1.06. The third-order valence-electron chi connectivity index (χ3n) is 3.22. The fourth-order valence-electron chi connectivity index (χ4n) is 1.99. The second-order valence-corrected chi connectivity index (χ2v) is 5.41. The number of nitrogens with zero attached hydrogens (tertiary/aromatic N) is 1. The smallest absolute Gasteiger partial charge is 0.329 e. The molecule has 0 bridgehead atoms. The SMILES string of the molecule is CC(C)(C(=O)O)N1C(=O)NC(c2ccc(Cl)cc2)C1=O. The molecule has 106 valence electrons.